The minimum atomic E-state index is -0.472. The second kappa shape index (κ2) is 10.6. The van der Waals surface area contributed by atoms with Crippen LogP contribution in [-0.2, 0) is 13.6 Å². The molecule has 5 aromatic rings. The predicted molar refractivity (Wildman–Crippen MR) is 145 cm³/mol. The highest BCUT2D eigenvalue weighted by Crippen LogP contribution is 2.26. The summed E-state index contributed by atoms with van der Waals surface area (Å²) in [6.45, 7) is 0.285. The summed E-state index contributed by atoms with van der Waals surface area (Å²) in [6.07, 6.45) is 3.48. The standard InChI is InChI=1S/C27H23ClN8O2/c1-35-16-17(15-31-35)14-30-27(38)23-13-25(36(34-23)19-6-3-2-4-7-19)33-26(37)20-12-18(10-11-21(20)28)22-8-5-9-24(29)32-22/h2-13,15-16H,14H2,1H3,(H2,29,32)(H,30,38)(H,33,37). The number of pyridine rings is 1. The minimum Gasteiger partial charge on any atom is -0.384 e. The van der Waals surface area contributed by atoms with Gasteiger partial charge in [-0.05, 0) is 36.4 Å². The molecule has 3 heterocycles. The third-order valence-corrected chi connectivity index (χ3v) is 6.00. The van der Waals surface area contributed by atoms with Gasteiger partial charge in [0.1, 0.15) is 11.6 Å². The molecule has 2 amide bonds. The molecule has 0 saturated heterocycles. The number of para-hydroxylation sites is 1. The molecule has 5 rings (SSSR count). The average Bonchev–Trinajstić information content (AvgIpc) is 3.54. The number of benzene rings is 2. The fraction of sp³-hybridized carbons (Fsp3) is 0.0741. The van der Waals surface area contributed by atoms with Gasteiger partial charge < -0.3 is 16.4 Å². The number of hydrogen-bond donors (Lipinski definition) is 3. The maximum absolute atomic E-state index is 13.4. The van der Waals surface area contributed by atoms with Crippen LogP contribution >= 0.6 is 11.6 Å². The zero-order chi connectivity index (χ0) is 26.6. The third kappa shape index (κ3) is 5.40. The van der Waals surface area contributed by atoms with Gasteiger partial charge in [-0.2, -0.15) is 10.2 Å². The average molecular weight is 527 g/mol. The van der Waals surface area contributed by atoms with Crippen molar-refractivity contribution in [1.82, 2.24) is 29.9 Å². The third-order valence-electron chi connectivity index (χ3n) is 5.67. The van der Waals surface area contributed by atoms with Gasteiger partial charge in [-0.15, -0.1) is 0 Å². The Balaban J connectivity index is 1.43. The molecular formula is C27H23ClN8O2. The molecule has 0 bridgehead atoms. The highest BCUT2D eigenvalue weighted by molar-refractivity contribution is 6.34. The molecule has 0 aliphatic heterocycles. The van der Waals surface area contributed by atoms with Crippen LogP contribution in [-0.4, -0.2) is 36.4 Å². The van der Waals surface area contributed by atoms with E-state index in [1.807, 2.05) is 36.5 Å². The first-order chi connectivity index (χ1) is 18.4. The smallest absolute Gasteiger partial charge is 0.272 e. The number of nitrogen functional groups attached to an aromatic ring is 1. The lowest BCUT2D eigenvalue weighted by Gasteiger charge is -2.11. The second-order valence-corrected chi connectivity index (χ2v) is 8.87. The van der Waals surface area contributed by atoms with Gasteiger partial charge in [0.25, 0.3) is 11.8 Å². The van der Waals surface area contributed by atoms with Crippen LogP contribution in [0, 0.1) is 0 Å². The molecule has 38 heavy (non-hydrogen) atoms. The monoisotopic (exact) mass is 526 g/mol. The van der Waals surface area contributed by atoms with Crippen molar-refractivity contribution in [2.75, 3.05) is 11.1 Å². The van der Waals surface area contributed by atoms with E-state index in [-0.39, 0.29) is 22.8 Å². The van der Waals surface area contributed by atoms with Crippen LogP contribution < -0.4 is 16.4 Å². The Hall–Kier alpha value is -4.96. The number of aryl methyl sites for hydroxylation is 1. The van der Waals surface area contributed by atoms with Gasteiger partial charge in [0.15, 0.2) is 5.69 Å². The van der Waals surface area contributed by atoms with Crippen molar-refractivity contribution < 1.29 is 9.59 Å². The quantitative estimate of drug-likeness (QED) is 0.292. The zero-order valence-electron chi connectivity index (χ0n) is 20.3. The van der Waals surface area contributed by atoms with Gasteiger partial charge in [-0.3, -0.25) is 14.3 Å². The van der Waals surface area contributed by atoms with E-state index in [0.29, 0.717) is 28.6 Å². The van der Waals surface area contributed by atoms with Crippen LogP contribution in [0.4, 0.5) is 11.6 Å². The Morgan fingerprint density at radius 2 is 1.82 bits per heavy atom. The van der Waals surface area contributed by atoms with Crippen molar-refractivity contribution in [2.45, 2.75) is 6.54 Å². The Morgan fingerprint density at radius 1 is 1.00 bits per heavy atom. The Kier molecular flexibility index (Phi) is 6.88. The SMILES string of the molecule is Cn1cc(CNC(=O)c2cc(NC(=O)c3cc(-c4cccc(N)n4)ccc3Cl)n(-c3ccccc3)n2)cn1. The van der Waals surface area contributed by atoms with Crippen LogP contribution in [0.5, 0.6) is 0 Å². The molecule has 0 aliphatic carbocycles. The van der Waals surface area contributed by atoms with Crippen molar-refractivity contribution in [3.8, 4) is 16.9 Å². The van der Waals surface area contributed by atoms with E-state index in [1.54, 1.807) is 54.3 Å². The van der Waals surface area contributed by atoms with E-state index in [2.05, 4.69) is 25.8 Å². The van der Waals surface area contributed by atoms with Crippen molar-refractivity contribution >= 4 is 35.1 Å². The van der Waals surface area contributed by atoms with E-state index in [0.717, 1.165) is 5.56 Å². The number of nitrogens with zero attached hydrogens (tertiary/aromatic N) is 5. The lowest BCUT2D eigenvalue weighted by atomic mass is 10.1. The normalized spacial score (nSPS) is 10.8. The first-order valence-corrected chi connectivity index (χ1v) is 12.0. The van der Waals surface area contributed by atoms with Crippen LogP contribution in [0.2, 0.25) is 5.02 Å². The summed E-state index contributed by atoms with van der Waals surface area (Å²) in [6, 6.07) is 21.0. The summed E-state index contributed by atoms with van der Waals surface area (Å²) in [5.74, 6) is -0.201. The van der Waals surface area contributed by atoms with Crippen molar-refractivity contribution in [3.05, 3.63) is 107 Å². The molecule has 0 atom stereocenters. The van der Waals surface area contributed by atoms with Gasteiger partial charge in [0.05, 0.1) is 28.2 Å². The van der Waals surface area contributed by atoms with Gasteiger partial charge >= 0.3 is 0 Å². The molecule has 3 aromatic heterocycles. The predicted octanol–water partition coefficient (Wildman–Crippen LogP) is 4.09. The Morgan fingerprint density at radius 3 is 2.55 bits per heavy atom. The molecule has 0 spiro atoms. The Labute approximate surface area is 223 Å². The fourth-order valence-corrected chi connectivity index (χ4v) is 4.04. The first-order valence-electron chi connectivity index (χ1n) is 11.6. The van der Waals surface area contributed by atoms with E-state index >= 15 is 0 Å². The van der Waals surface area contributed by atoms with E-state index in [9.17, 15) is 9.59 Å². The molecule has 2 aromatic carbocycles. The molecule has 0 aliphatic rings. The minimum absolute atomic E-state index is 0.136. The van der Waals surface area contributed by atoms with Crippen LogP contribution in [0.25, 0.3) is 16.9 Å². The van der Waals surface area contributed by atoms with Crippen LogP contribution in [0.15, 0.2) is 85.2 Å². The lowest BCUT2D eigenvalue weighted by molar-refractivity contribution is 0.0944. The number of amides is 2. The first kappa shape index (κ1) is 24.7. The number of carbonyl (C=O) groups is 2. The summed E-state index contributed by atoms with van der Waals surface area (Å²) >= 11 is 6.39. The van der Waals surface area contributed by atoms with Gasteiger partial charge in [0, 0.05) is 37.0 Å². The molecule has 10 nitrogen and oxygen atoms in total. The summed E-state index contributed by atoms with van der Waals surface area (Å²) < 4.78 is 3.15. The van der Waals surface area contributed by atoms with Crippen LogP contribution in [0.3, 0.4) is 0 Å². The number of anilines is 2. The lowest BCUT2D eigenvalue weighted by Crippen LogP contribution is -2.23. The number of aromatic nitrogens is 5. The highest BCUT2D eigenvalue weighted by Gasteiger charge is 2.20. The van der Waals surface area contributed by atoms with Gasteiger partial charge in [0.2, 0.25) is 0 Å². The maximum atomic E-state index is 13.4. The van der Waals surface area contributed by atoms with Gasteiger partial charge in [-0.25, -0.2) is 9.67 Å². The fourth-order valence-electron chi connectivity index (χ4n) is 3.84. The maximum Gasteiger partial charge on any atom is 0.272 e. The summed E-state index contributed by atoms with van der Waals surface area (Å²) in [5.41, 5.74) is 8.99. The van der Waals surface area contributed by atoms with Crippen molar-refractivity contribution in [3.63, 3.8) is 0 Å². The summed E-state index contributed by atoms with van der Waals surface area (Å²) in [4.78, 5) is 30.6. The van der Waals surface area contributed by atoms with Crippen molar-refractivity contribution in [2.24, 2.45) is 7.05 Å². The molecular weight excluding hydrogens is 504 g/mol. The number of carbonyl (C=O) groups excluding carboxylic acids is 2. The van der Waals surface area contributed by atoms with E-state index in [4.69, 9.17) is 17.3 Å². The molecule has 0 unspecified atom stereocenters. The molecule has 0 saturated carbocycles. The number of rotatable bonds is 7. The van der Waals surface area contributed by atoms with Crippen LogP contribution in [0.1, 0.15) is 26.4 Å². The highest BCUT2D eigenvalue weighted by atomic mass is 35.5. The second-order valence-electron chi connectivity index (χ2n) is 8.46. The molecule has 190 valence electrons. The molecule has 11 heteroatoms. The number of nitrogens with two attached hydrogens (primary N) is 1. The number of halogens is 1. The molecule has 4 N–H and O–H groups in total. The summed E-state index contributed by atoms with van der Waals surface area (Å²) in [7, 11) is 1.80. The summed E-state index contributed by atoms with van der Waals surface area (Å²) in [5, 5.41) is 14.5. The van der Waals surface area contributed by atoms with E-state index in [1.165, 1.54) is 10.7 Å². The van der Waals surface area contributed by atoms with E-state index < -0.39 is 11.8 Å². The Bertz CT molecular complexity index is 1630. The number of nitrogens with one attached hydrogen (secondary N) is 2. The number of hydrogen-bond acceptors (Lipinski definition) is 6. The van der Waals surface area contributed by atoms with Gasteiger partial charge in [-0.1, -0.05) is 41.9 Å². The molecule has 0 radical (unpaired) electrons. The zero-order valence-corrected chi connectivity index (χ0v) is 21.1. The topological polar surface area (TPSA) is 133 Å². The molecule has 0 fully saturated rings. The largest absolute Gasteiger partial charge is 0.384 e. The van der Waals surface area contributed by atoms with Crippen molar-refractivity contribution in [1.29, 1.82) is 0 Å².